The summed E-state index contributed by atoms with van der Waals surface area (Å²) in [6.45, 7) is 0. The van der Waals surface area contributed by atoms with Crippen molar-refractivity contribution in [1.82, 2.24) is 0 Å². The highest BCUT2D eigenvalue weighted by Crippen LogP contribution is 2.45. The zero-order chi connectivity index (χ0) is 29.5. The van der Waals surface area contributed by atoms with Crippen LogP contribution in [-0.4, -0.2) is 0 Å². The molecular weight excluding hydrogens is 561 g/mol. The molecule has 9 aromatic carbocycles. The van der Waals surface area contributed by atoms with Crippen molar-refractivity contribution in [2.75, 3.05) is 0 Å². The molecule has 0 fully saturated rings. The van der Waals surface area contributed by atoms with Crippen molar-refractivity contribution in [1.29, 1.82) is 0 Å². The van der Waals surface area contributed by atoms with E-state index >= 15 is 0 Å². The third kappa shape index (κ3) is 3.65. The normalized spacial score (nSPS) is 12.0. The molecule has 1 aromatic heterocycles. The highest BCUT2D eigenvalue weighted by molar-refractivity contribution is 7.26. The summed E-state index contributed by atoms with van der Waals surface area (Å²) in [7, 11) is 0. The Labute approximate surface area is 264 Å². The highest BCUT2D eigenvalue weighted by Gasteiger charge is 2.16. The smallest absolute Gasteiger partial charge is 0.0434 e. The lowest BCUT2D eigenvalue weighted by Crippen LogP contribution is -1.85. The van der Waals surface area contributed by atoms with Gasteiger partial charge in [-0.25, -0.2) is 0 Å². The van der Waals surface area contributed by atoms with E-state index < -0.39 is 0 Å². The number of rotatable bonds is 2. The molecule has 0 spiro atoms. The fourth-order valence-corrected chi connectivity index (χ4v) is 8.89. The van der Waals surface area contributed by atoms with Crippen molar-refractivity contribution in [2.24, 2.45) is 0 Å². The van der Waals surface area contributed by atoms with E-state index in [1.807, 2.05) is 11.3 Å². The summed E-state index contributed by atoms with van der Waals surface area (Å²) in [4.78, 5) is 0. The topological polar surface area (TPSA) is 0 Å². The summed E-state index contributed by atoms with van der Waals surface area (Å²) in [5.41, 5.74) is 5.12. The molecule has 1 heterocycles. The lowest BCUT2D eigenvalue weighted by atomic mass is 9.92. The maximum Gasteiger partial charge on any atom is 0.0434 e. The van der Waals surface area contributed by atoms with Gasteiger partial charge in [0, 0.05) is 20.2 Å². The van der Waals surface area contributed by atoms with Crippen molar-refractivity contribution in [3.63, 3.8) is 0 Å². The van der Waals surface area contributed by atoms with Gasteiger partial charge in [0.15, 0.2) is 0 Å². The van der Waals surface area contributed by atoms with Gasteiger partial charge in [0.25, 0.3) is 0 Å². The molecule has 45 heavy (non-hydrogen) atoms. The summed E-state index contributed by atoms with van der Waals surface area (Å²) >= 11 is 1.93. The molecule has 0 N–H and O–H groups in total. The van der Waals surface area contributed by atoms with Crippen LogP contribution in [0.3, 0.4) is 0 Å². The zero-order valence-electron chi connectivity index (χ0n) is 24.4. The van der Waals surface area contributed by atoms with Gasteiger partial charge in [0.1, 0.15) is 0 Å². The van der Waals surface area contributed by atoms with Gasteiger partial charge in [-0.1, -0.05) is 146 Å². The number of benzene rings is 9. The summed E-state index contributed by atoms with van der Waals surface area (Å²) in [5, 5.41) is 15.7. The van der Waals surface area contributed by atoms with Gasteiger partial charge >= 0.3 is 0 Å². The third-order valence-corrected chi connectivity index (χ3v) is 10.9. The minimum atomic E-state index is 1.26. The van der Waals surface area contributed by atoms with Gasteiger partial charge in [0.2, 0.25) is 0 Å². The zero-order valence-corrected chi connectivity index (χ0v) is 25.2. The van der Waals surface area contributed by atoms with Crippen molar-refractivity contribution < 1.29 is 0 Å². The molecule has 0 radical (unpaired) electrons. The van der Waals surface area contributed by atoms with Crippen LogP contribution in [0.15, 0.2) is 158 Å². The van der Waals surface area contributed by atoms with Gasteiger partial charge in [0.05, 0.1) is 0 Å². The standard InChI is InChI=1S/C44H26S/c1-2-10-31-27(9-1)19-20-28-21-22-29(25-41(28)31)32-15-7-17-39-40-18-8-16-33(44(40)45-43(32)39)30-23-24-38-36-13-4-3-11-34(36)35-12-5-6-14-37(35)42(38)26-30/h1-26H. The second kappa shape index (κ2) is 9.50. The Balaban J connectivity index is 1.21. The molecule has 0 amide bonds. The second-order valence-electron chi connectivity index (χ2n) is 12.0. The minimum Gasteiger partial charge on any atom is -0.134 e. The number of fused-ring (bicyclic) bond motifs is 12. The average molecular weight is 587 g/mol. The van der Waals surface area contributed by atoms with E-state index in [0.29, 0.717) is 0 Å². The van der Waals surface area contributed by atoms with Crippen LogP contribution in [0.4, 0.5) is 0 Å². The Hall–Kier alpha value is -5.50. The van der Waals surface area contributed by atoms with E-state index in [1.54, 1.807) is 0 Å². The van der Waals surface area contributed by atoms with Gasteiger partial charge in [-0.15, -0.1) is 11.3 Å². The third-order valence-electron chi connectivity index (χ3n) is 9.64. The van der Waals surface area contributed by atoms with Crippen LogP contribution >= 0.6 is 11.3 Å². The van der Waals surface area contributed by atoms with Gasteiger partial charge in [-0.3, -0.25) is 0 Å². The summed E-state index contributed by atoms with van der Waals surface area (Å²) in [5.74, 6) is 0. The van der Waals surface area contributed by atoms with Crippen molar-refractivity contribution in [3.8, 4) is 22.3 Å². The average Bonchev–Trinajstić information content (AvgIpc) is 3.50. The first kappa shape index (κ1) is 24.9. The minimum absolute atomic E-state index is 1.26. The molecule has 0 atom stereocenters. The van der Waals surface area contributed by atoms with Crippen molar-refractivity contribution >= 4 is 85.4 Å². The summed E-state index contributed by atoms with van der Waals surface area (Å²) < 4.78 is 2.69. The Morgan fingerprint density at radius 2 is 0.689 bits per heavy atom. The molecule has 1 heteroatoms. The van der Waals surface area contributed by atoms with E-state index in [1.165, 1.54) is 96.3 Å². The molecule has 208 valence electrons. The first-order chi connectivity index (χ1) is 22.3. The SMILES string of the molecule is c1ccc2c(c1)ccc1ccc(-c3cccc4c3sc3c(-c5ccc6c7ccccc7c7ccccc7c6c5)cccc34)cc12. The van der Waals surface area contributed by atoms with Gasteiger partial charge in [-0.05, 0) is 88.2 Å². The molecule has 0 unspecified atom stereocenters. The number of hydrogen-bond acceptors (Lipinski definition) is 1. The molecule has 10 rings (SSSR count). The van der Waals surface area contributed by atoms with Crippen LogP contribution in [-0.2, 0) is 0 Å². The summed E-state index contributed by atoms with van der Waals surface area (Å²) in [6.07, 6.45) is 0. The molecule has 0 saturated carbocycles. The van der Waals surface area contributed by atoms with Crippen LogP contribution in [0, 0.1) is 0 Å². The molecule has 0 aliphatic heterocycles. The first-order valence-electron chi connectivity index (χ1n) is 15.5. The van der Waals surface area contributed by atoms with E-state index in [-0.39, 0.29) is 0 Å². The monoisotopic (exact) mass is 586 g/mol. The van der Waals surface area contributed by atoms with Crippen molar-refractivity contribution in [2.45, 2.75) is 0 Å². The van der Waals surface area contributed by atoms with Gasteiger partial charge < -0.3 is 0 Å². The quantitative estimate of drug-likeness (QED) is 0.177. The lowest BCUT2D eigenvalue weighted by Gasteiger charge is -2.12. The van der Waals surface area contributed by atoms with Crippen LogP contribution in [0.25, 0.3) is 96.3 Å². The van der Waals surface area contributed by atoms with Gasteiger partial charge in [-0.2, -0.15) is 0 Å². The second-order valence-corrected chi connectivity index (χ2v) is 13.1. The predicted molar refractivity (Wildman–Crippen MR) is 198 cm³/mol. The maximum absolute atomic E-state index is 2.42. The van der Waals surface area contributed by atoms with E-state index in [2.05, 4.69) is 158 Å². The Morgan fingerprint density at radius 3 is 1.31 bits per heavy atom. The molecule has 0 aliphatic rings. The van der Waals surface area contributed by atoms with E-state index in [0.717, 1.165) is 0 Å². The van der Waals surface area contributed by atoms with Crippen LogP contribution in [0.2, 0.25) is 0 Å². The largest absolute Gasteiger partial charge is 0.134 e. The number of hydrogen-bond donors (Lipinski definition) is 0. The molecule has 0 aliphatic carbocycles. The lowest BCUT2D eigenvalue weighted by molar-refractivity contribution is 1.72. The Morgan fingerprint density at radius 1 is 0.267 bits per heavy atom. The predicted octanol–water partition coefficient (Wildman–Crippen LogP) is 13.2. The molecule has 0 saturated heterocycles. The van der Waals surface area contributed by atoms with Crippen LogP contribution in [0.1, 0.15) is 0 Å². The fraction of sp³-hybridized carbons (Fsp3) is 0. The Bertz CT molecular complexity index is 2780. The number of thiophene rings is 1. The van der Waals surface area contributed by atoms with E-state index in [4.69, 9.17) is 0 Å². The van der Waals surface area contributed by atoms with Crippen LogP contribution < -0.4 is 0 Å². The highest BCUT2D eigenvalue weighted by atomic mass is 32.1. The molecule has 0 nitrogen and oxygen atoms in total. The molecular formula is C44H26S. The Kier molecular flexibility index (Phi) is 5.25. The molecule has 0 bridgehead atoms. The fourth-order valence-electron chi connectivity index (χ4n) is 7.52. The van der Waals surface area contributed by atoms with Crippen LogP contribution in [0.5, 0.6) is 0 Å². The molecule has 10 aromatic rings. The maximum atomic E-state index is 2.42. The van der Waals surface area contributed by atoms with Crippen molar-refractivity contribution in [3.05, 3.63) is 158 Å². The summed E-state index contributed by atoms with van der Waals surface area (Å²) in [6, 6.07) is 58.4. The van der Waals surface area contributed by atoms with E-state index in [9.17, 15) is 0 Å². The first-order valence-corrected chi connectivity index (χ1v) is 16.3.